The lowest BCUT2D eigenvalue weighted by molar-refractivity contribution is -0.122. The zero-order chi connectivity index (χ0) is 18.0. The Morgan fingerprint density at radius 3 is 2.44 bits per heavy atom. The number of amides is 2. The SMILES string of the molecule is Cc1ccccc1NCN1C(=O)SC(=Cc2c(Cl)cccc2Cl)C1=O. The van der Waals surface area contributed by atoms with Gasteiger partial charge in [-0.1, -0.05) is 47.5 Å². The topological polar surface area (TPSA) is 49.4 Å². The number of imide groups is 1. The molecule has 4 nitrogen and oxygen atoms in total. The molecule has 2 amide bonds. The van der Waals surface area contributed by atoms with Gasteiger partial charge in [-0.15, -0.1) is 0 Å². The van der Waals surface area contributed by atoms with E-state index in [1.165, 1.54) is 0 Å². The molecule has 1 heterocycles. The highest BCUT2D eigenvalue weighted by Crippen LogP contribution is 2.35. The maximum absolute atomic E-state index is 12.5. The predicted octanol–water partition coefficient (Wildman–Crippen LogP) is 5.41. The number of carbonyl (C=O) groups excluding carboxylic acids is 2. The minimum atomic E-state index is -0.368. The average molecular weight is 393 g/mol. The molecule has 0 aromatic heterocycles. The van der Waals surface area contributed by atoms with Gasteiger partial charge in [-0.25, -0.2) is 0 Å². The molecule has 0 radical (unpaired) electrons. The summed E-state index contributed by atoms with van der Waals surface area (Å²) in [5, 5.41) is 3.64. The van der Waals surface area contributed by atoms with Gasteiger partial charge in [0.2, 0.25) is 0 Å². The van der Waals surface area contributed by atoms with Crippen molar-refractivity contribution in [2.75, 3.05) is 12.0 Å². The van der Waals surface area contributed by atoms with Crippen LogP contribution < -0.4 is 5.32 Å². The van der Waals surface area contributed by atoms with Crippen molar-refractivity contribution in [3.05, 3.63) is 68.5 Å². The number of benzene rings is 2. The zero-order valence-corrected chi connectivity index (χ0v) is 15.6. The summed E-state index contributed by atoms with van der Waals surface area (Å²) in [6.07, 6.45) is 1.56. The summed E-state index contributed by atoms with van der Waals surface area (Å²) in [5.74, 6) is -0.368. The lowest BCUT2D eigenvalue weighted by Crippen LogP contribution is -2.33. The number of para-hydroxylation sites is 1. The minimum Gasteiger partial charge on any atom is -0.367 e. The van der Waals surface area contributed by atoms with Crippen molar-refractivity contribution >= 4 is 57.9 Å². The Balaban J connectivity index is 1.78. The lowest BCUT2D eigenvalue weighted by atomic mass is 10.2. The van der Waals surface area contributed by atoms with E-state index in [0.717, 1.165) is 27.9 Å². The maximum Gasteiger partial charge on any atom is 0.295 e. The van der Waals surface area contributed by atoms with Gasteiger partial charge in [-0.3, -0.25) is 14.5 Å². The van der Waals surface area contributed by atoms with Gasteiger partial charge in [0.05, 0.1) is 11.6 Å². The predicted molar refractivity (Wildman–Crippen MR) is 104 cm³/mol. The molecule has 1 aliphatic heterocycles. The molecule has 1 fully saturated rings. The van der Waals surface area contributed by atoms with Crippen molar-refractivity contribution in [2.24, 2.45) is 0 Å². The van der Waals surface area contributed by atoms with Crippen molar-refractivity contribution in [1.82, 2.24) is 4.90 Å². The Morgan fingerprint density at radius 1 is 1.08 bits per heavy atom. The average Bonchev–Trinajstić information content (AvgIpc) is 2.84. The van der Waals surface area contributed by atoms with Crippen LogP contribution in [0.25, 0.3) is 6.08 Å². The molecule has 3 rings (SSSR count). The van der Waals surface area contributed by atoms with Crippen LogP contribution in [0.4, 0.5) is 10.5 Å². The van der Waals surface area contributed by atoms with Gasteiger partial charge < -0.3 is 5.32 Å². The van der Waals surface area contributed by atoms with Crippen LogP contribution in [0, 0.1) is 6.92 Å². The molecule has 2 aromatic carbocycles. The maximum atomic E-state index is 12.5. The molecule has 2 aromatic rings. The fourth-order valence-corrected chi connectivity index (χ4v) is 3.68. The number of carbonyl (C=O) groups is 2. The number of aryl methyl sites for hydroxylation is 1. The van der Waals surface area contributed by atoms with Crippen molar-refractivity contribution in [3.63, 3.8) is 0 Å². The van der Waals surface area contributed by atoms with E-state index in [1.54, 1.807) is 24.3 Å². The highest BCUT2D eigenvalue weighted by molar-refractivity contribution is 8.18. The van der Waals surface area contributed by atoms with Crippen LogP contribution in [0.3, 0.4) is 0 Å². The van der Waals surface area contributed by atoms with Gasteiger partial charge in [0, 0.05) is 21.3 Å². The van der Waals surface area contributed by atoms with Gasteiger partial charge >= 0.3 is 0 Å². The third-order valence-corrected chi connectivity index (χ3v) is 5.29. The lowest BCUT2D eigenvalue weighted by Gasteiger charge is -2.15. The summed E-state index contributed by atoms with van der Waals surface area (Å²) in [4.78, 5) is 26.2. The van der Waals surface area contributed by atoms with E-state index in [-0.39, 0.29) is 17.8 Å². The Kier molecular flexibility index (Phi) is 5.37. The second-order valence-corrected chi connectivity index (χ2v) is 7.20. The second kappa shape index (κ2) is 7.52. The molecule has 0 atom stereocenters. The summed E-state index contributed by atoms with van der Waals surface area (Å²) in [6, 6.07) is 12.8. The summed E-state index contributed by atoms with van der Waals surface area (Å²) >= 11 is 13.1. The van der Waals surface area contributed by atoms with Crippen LogP contribution in [-0.4, -0.2) is 22.7 Å². The highest BCUT2D eigenvalue weighted by Gasteiger charge is 2.35. The van der Waals surface area contributed by atoms with Crippen LogP contribution in [0.5, 0.6) is 0 Å². The molecule has 0 spiro atoms. The number of nitrogens with one attached hydrogen (secondary N) is 1. The van der Waals surface area contributed by atoms with Crippen LogP contribution >= 0.6 is 35.0 Å². The smallest absolute Gasteiger partial charge is 0.295 e. The fraction of sp³-hybridized carbons (Fsp3) is 0.111. The summed E-state index contributed by atoms with van der Waals surface area (Å²) < 4.78 is 0. The fourth-order valence-electron chi connectivity index (χ4n) is 2.35. The second-order valence-electron chi connectivity index (χ2n) is 5.39. The van der Waals surface area contributed by atoms with E-state index in [0.29, 0.717) is 20.5 Å². The Bertz CT molecular complexity index is 863. The van der Waals surface area contributed by atoms with E-state index >= 15 is 0 Å². The normalized spacial score (nSPS) is 16.0. The Hall–Kier alpha value is -1.95. The van der Waals surface area contributed by atoms with Crippen LogP contribution in [0.15, 0.2) is 47.4 Å². The number of thioether (sulfide) groups is 1. The number of hydrogen-bond acceptors (Lipinski definition) is 4. The Labute approximate surface area is 159 Å². The molecular weight excluding hydrogens is 379 g/mol. The first-order valence-electron chi connectivity index (χ1n) is 7.46. The first kappa shape index (κ1) is 17.9. The van der Waals surface area contributed by atoms with Crippen LogP contribution in [-0.2, 0) is 4.79 Å². The summed E-state index contributed by atoms with van der Waals surface area (Å²) in [6.45, 7) is 2.05. The number of rotatable bonds is 4. The van der Waals surface area contributed by atoms with Crippen molar-refractivity contribution in [2.45, 2.75) is 6.92 Å². The largest absolute Gasteiger partial charge is 0.367 e. The third kappa shape index (κ3) is 3.84. The molecule has 128 valence electrons. The van der Waals surface area contributed by atoms with Crippen LogP contribution in [0.1, 0.15) is 11.1 Å². The highest BCUT2D eigenvalue weighted by atomic mass is 35.5. The number of hydrogen-bond donors (Lipinski definition) is 1. The van der Waals surface area contributed by atoms with Crippen LogP contribution in [0.2, 0.25) is 10.0 Å². The van der Waals surface area contributed by atoms with Gasteiger partial charge in [0.15, 0.2) is 0 Å². The first-order chi connectivity index (χ1) is 12.0. The van der Waals surface area contributed by atoms with Crippen molar-refractivity contribution in [3.8, 4) is 0 Å². The molecule has 0 unspecified atom stereocenters. The molecule has 1 saturated heterocycles. The van der Waals surface area contributed by atoms with Gasteiger partial charge in [-0.2, -0.15) is 0 Å². The summed E-state index contributed by atoms with van der Waals surface area (Å²) in [5.41, 5.74) is 2.44. The molecule has 1 N–H and O–H groups in total. The van der Waals surface area contributed by atoms with Crippen molar-refractivity contribution in [1.29, 1.82) is 0 Å². The minimum absolute atomic E-state index is 0.100. The number of nitrogens with zero attached hydrogens (tertiary/aromatic N) is 1. The molecular formula is C18H14Cl2N2O2S. The molecule has 0 saturated carbocycles. The molecule has 25 heavy (non-hydrogen) atoms. The van der Waals surface area contributed by atoms with E-state index in [1.807, 2.05) is 31.2 Å². The van der Waals surface area contributed by atoms with E-state index in [4.69, 9.17) is 23.2 Å². The van der Waals surface area contributed by atoms with E-state index in [9.17, 15) is 9.59 Å². The standard InChI is InChI=1S/C18H14Cl2N2O2S/c1-11-5-2-3-8-15(11)21-10-22-17(23)16(25-18(22)24)9-12-13(19)6-4-7-14(12)20/h2-9,21H,10H2,1H3. The van der Waals surface area contributed by atoms with E-state index < -0.39 is 0 Å². The number of halogens is 2. The molecule has 1 aliphatic rings. The van der Waals surface area contributed by atoms with Crippen molar-refractivity contribution < 1.29 is 9.59 Å². The molecule has 7 heteroatoms. The Morgan fingerprint density at radius 2 is 1.76 bits per heavy atom. The van der Waals surface area contributed by atoms with E-state index in [2.05, 4.69) is 5.32 Å². The molecule has 0 aliphatic carbocycles. The number of anilines is 1. The summed E-state index contributed by atoms with van der Waals surface area (Å²) in [7, 11) is 0. The van der Waals surface area contributed by atoms with Gasteiger partial charge in [0.1, 0.15) is 0 Å². The van der Waals surface area contributed by atoms with Gasteiger partial charge in [-0.05, 0) is 48.5 Å². The third-order valence-electron chi connectivity index (χ3n) is 3.72. The molecule has 0 bridgehead atoms. The van der Waals surface area contributed by atoms with Gasteiger partial charge in [0.25, 0.3) is 11.1 Å². The zero-order valence-electron chi connectivity index (χ0n) is 13.3. The quantitative estimate of drug-likeness (QED) is 0.706. The first-order valence-corrected chi connectivity index (χ1v) is 9.03. The monoisotopic (exact) mass is 392 g/mol.